The highest BCUT2D eigenvalue weighted by Crippen LogP contribution is 2.52. The van der Waals surface area contributed by atoms with E-state index in [-0.39, 0.29) is 6.61 Å². The molecule has 0 spiro atoms. The third kappa shape index (κ3) is 4.14. The van der Waals surface area contributed by atoms with Gasteiger partial charge in [0, 0.05) is 0 Å². The predicted octanol–water partition coefficient (Wildman–Crippen LogP) is 1.32. The molecule has 2 N–H and O–H groups in total. The maximum absolute atomic E-state index is 11.9. The molecule has 0 aromatic heterocycles. The quantitative estimate of drug-likeness (QED) is 0.472. The molecule has 1 aromatic carbocycles. The van der Waals surface area contributed by atoms with Crippen LogP contribution in [0.2, 0.25) is 0 Å². The van der Waals surface area contributed by atoms with Crippen molar-refractivity contribution >= 4 is 19.7 Å². The lowest BCUT2D eigenvalue weighted by Gasteiger charge is -2.33. The van der Waals surface area contributed by atoms with Crippen LogP contribution in [0.15, 0.2) is 30.3 Å². The van der Waals surface area contributed by atoms with Gasteiger partial charge >= 0.3 is 19.7 Å². The molecule has 8 nitrogen and oxygen atoms in total. The van der Waals surface area contributed by atoms with Gasteiger partial charge < -0.3 is 19.3 Å². The second-order valence-corrected chi connectivity index (χ2v) is 6.83. The van der Waals surface area contributed by atoms with Crippen molar-refractivity contribution in [3.63, 3.8) is 0 Å². The van der Waals surface area contributed by atoms with Crippen LogP contribution in [-0.2, 0) is 25.4 Å². The molecular weight excluding hydrogens is 313 g/mol. The Labute approximate surface area is 127 Å². The molecule has 22 heavy (non-hydrogen) atoms. The summed E-state index contributed by atoms with van der Waals surface area (Å²) in [6.45, 7) is 0.863. The number of likely N-dealkylation sites (N-methyl/N-ethyl adjacent to an activating group) is 1. The standard InChI is InChI=1S/C13H18NO7P/c1-13(14(2)3,22(17,18)19)11(15)21-12(16)20-9-10-7-5-4-6-8-10/h4-8H,9H2,1-3H3,(H2,17,18,19). The number of nitrogens with zero attached hydrogens (tertiary/aromatic N) is 1. The van der Waals surface area contributed by atoms with E-state index in [1.807, 2.05) is 0 Å². The van der Waals surface area contributed by atoms with Gasteiger partial charge in [-0.2, -0.15) is 0 Å². The van der Waals surface area contributed by atoms with Gasteiger partial charge in [-0.15, -0.1) is 0 Å². The van der Waals surface area contributed by atoms with E-state index in [0.29, 0.717) is 5.56 Å². The van der Waals surface area contributed by atoms with Crippen LogP contribution in [0.3, 0.4) is 0 Å². The molecule has 0 aliphatic carbocycles. The van der Waals surface area contributed by atoms with Gasteiger partial charge in [0.25, 0.3) is 0 Å². The van der Waals surface area contributed by atoms with E-state index in [0.717, 1.165) is 11.8 Å². The first kappa shape index (κ1) is 18.3. The van der Waals surface area contributed by atoms with E-state index >= 15 is 0 Å². The largest absolute Gasteiger partial charge is 0.516 e. The number of ether oxygens (including phenoxy) is 2. The first-order chi connectivity index (χ1) is 10.1. The summed E-state index contributed by atoms with van der Waals surface area (Å²) >= 11 is 0. The van der Waals surface area contributed by atoms with E-state index < -0.39 is 25.0 Å². The van der Waals surface area contributed by atoms with Gasteiger partial charge in [0.2, 0.25) is 5.28 Å². The minimum atomic E-state index is -4.89. The van der Waals surface area contributed by atoms with Crippen LogP contribution in [0.5, 0.6) is 0 Å². The summed E-state index contributed by atoms with van der Waals surface area (Å²) in [4.78, 5) is 43.0. The number of hydrogen-bond acceptors (Lipinski definition) is 6. The van der Waals surface area contributed by atoms with Gasteiger partial charge in [-0.3, -0.25) is 9.46 Å². The second kappa shape index (κ2) is 7.02. The van der Waals surface area contributed by atoms with Crippen molar-refractivity contribution < 1.29 is 33.4 Å². The van der Waals surface area contributed by atoms with Crippen molar-refractivity contribution in [3.05, 3.63) is 35.9 Å². The van der Waals surface area contributed by atoms with Gasteiger partial charge in [-0.05, 0) is 26.6 Å². The fourth-order valence-corrected chi connectivity index (χ4v) is 2.28. The molecule has 0 heterocycles. The number of carbonyl (C=O) groups is 2. The van der Waals surface area contributed by atoms with E-state index in [9.17, 15) is 23.9 Å². The van der Waals surface area contributed by atoms with E-state index in [1.54, 1.807) is 30.3 Å². The van der Waals surface area contributed by atoms with Crippen LogP contribution in [-0.4, -0.2) is 46.2 Å². The van der Waals surface area contributed by atoms with Crippen molar-refractivity contribution in [3.8, 4) is 0 Å². The molecule has 0 amide bonds. The fourth-order valence-electron chi connectivity index (χ4n) is 1.48. The first-order valence-corrected chi connectivity index (χ1v) is 7.86. The third-order valence-corrected chi connectivity index (χ3v) is 4.92. The molecule has 0 saturated carbocycles. The number of carbonyl (C=O) groups excluding carboxylic acids is 2. The molecule has 0 bridgehead atoms. The summed E-state index contributed by atoms with van der Waals surface area (Å²) in [5.74, 6) is -1.39. The minimum Gasteiger partial charge on any atom is -0.429 e. The molecule has 122 valence electrons. The molecule has 1 atom stereocenters. The fraction of sp³-hybridized carbons (Fsp3) is 0.385. The van der Waals surface area contributed by atoms with E-state index in [1.165, 1.54) is 14.1 Å². The molecular formula is C13H18NO7P. The van der Waals surface area contributed by atoms with Gasteiger partial charge in [0.1, 0.15) is 6.61 Å². The van der Waals surface area contributed by atoms with Crippen LogP contribution >= 0.6 is 7.60 Å². The highest BCUT2D eigenvalue weighted by Gasteiger charge is 2.53. The Kier molecular flexibility index (Phi) is 5.85. The van der Waals surface area contributed by atoms with Gasteiger partial charge in [-0.1, -0.05) is 30.3 Å². The maximum Gasteiger partial charge on any atom is 0.516 e. The number of hydrogen-bond donors (Lipinski definition) is 2. The van der Waals surface area contributed by atoms with Gasteiger partial charge in [-0.25, -0.2) is 9.59 Å². The Morgan fingerprint density at radius 3 is 2.23 bits per heavy atom. The Morgan fingerprint density at radius 1 is 1.23 bits per heavy atom. The summed E-state index contributed by atoms with van der Waals surface area (Å²) in [6, 6.07) is 8.68. The molecule has 0 aliphatic heterocycles. The van der Waals surface area contributed by atoms with E-state index in [2.05, 4.69) is 4.74 Å². The topological polar surface area (TPSA) is 113 Å². The van der Waals surface area contributed by atoms with Gasteiger partial charge in [0.05, 0.1) is 0 Å². The van der Waals surface area contributed by atoms with Crippen molar-refractivity contribution in [1.29, 1.82) is 0 Å². The van der Waals surface area contributed by atoms with Crippen molar-refractivity contribution in [2.24, 2.45) is 0 Å². The van der Waals surface area contributed by atoms with Crippen LogP contribution in [0.4, 0.5) is 4.79 Å². The Morgan fingerprint density at radius 2 is 1.77 bits per heavy atom. The normalized spacial score (nSPS) is 14.3. The molecule has 1 rings (SSSR count). The molecule has 1 unspecified atom stereocenters. The number of esters is 1. The van der Waals surface area contributed by atoms with Crippen LogP contribution < -0.4 is 0 Å². The summed E-state index contributed by atoms with van der Waals surface area (Å²) in [6.07, 6.45) is -1.32. The summed E-state index contributed by atoms with van der Waals surface area (Å²) in [5.41, 5.74) is 0.678. The zero-order valence-corrected chi connectivity index (χ0v) is 13.3. The lowest BCUT2D eigenvalue weighted by Crippen LogP contribution is -2.49. The van der Waals surface area contributed by atoms with Crippen molar-refractivity contribution in [2.75, 3.05) is 14.1 Å². The lowest BCUT2D eigenvalue weighted by molar-refractivity contribution is -0.147. The number of benzene rings is 1. The smallest absolute Gasteiger partial charge is 0.429 e. The molecule has 9 heteroatoms. The Balaban J connectivity index is 2.70. The zero-order chi connectivity index (χ0) is 17.0. The zero-order valence-electron chi connectivity index (χ0n) is 12.4. The summed E-state index contributed by atoms with van der Waals surface area (Å²) < 4.78 is 20.6. The monoisotopic (exact) mass is 331 g/mol. The predicted molar refractivity (Wildman–Crippen MR) is 76.9 cm³/mol. The molecule has 0 aliphatic rings. The SMILES string of the molecule is CN(C)C(C)(C(=O)OC(=O)OCc1ccccc1)P(=O)(O)O. The molecule has 0 radical (unpaired) electrons. The maximum atomic E-state index is 11.9. The average molecular weight is 331 g/mol. The highest BCUT2D eigenvalue weighted by molar-refractivity contribution is 7.54. The summed E-state index contributed by atoms with van der Waals surface area (Å²) in [5, 5.41) is -2.28. The van der Waals surface area contributed by atoms with Crippen molar-refractivity contribution in [2.45, 2.75) is 18.8 Å². The van der Waals surface area contributed by atoms with Crippen LogP contribution in [0.1, 0.15) is 12.5 Å². The molecule has 0 saturated heterocycles. The van der Waals surface area contributed by atoms with E-state index in [4.69, 9.17) is 4.74 Å². The second-order valence-electron chi connectivity index (χ2n) is 4.87. The van der Waals surface area contributed by atoms with Crippen molar-refractivity contribution in [1.82, 2.24) is 4.90 Å². The first-order valence-electron chi connectivity index (χ1n) is 6.25. The summed E-state index contributed by atoms with van der Waals surface area (Å²) in [7, 11) is -2.31. The number of rotatable bonds is 5. The highest BCUT2D eigenvalue weighted by atomic mass is 31.2. The average Bonchev–Trinajstić information content (AvgIpc) is 2.43. The lowest BCUT2D eigenvalue weighted by atomic mass is 10.2. The van der Waals surface area contributed by atoms with Crippen LogP contribution in [0.25, 0.3) is 0 Å². The van der Waals surface area contributed by atoms with Crippen LogP contribution in [0, 0.1) is 0 Å². The minimum absolute atomic E-state index is 0.123. The Hall–Kier alpha value is -1.73. The third-order valence-electron chi connectivity index (χ3n) is 3.20. The molecule has 1 aromatic rings. The Bertz CT molecular complexity index is 583. The van der Waals surface area contributed by atoms with Gasteiger partial charge in [0.15, 0.2) is 0 Å². The molecule has 0 fully saturated rings.